The van der Waals surface area contributed by atoms with Crippen LogP contribution in [0, 0.1) is 13.8 Å². The van der Waals surface area contributed by atoms with Crippen molar-refractivity contribution in [3.05, 3.63) is 70.3 Å². The molecule has 0 heterocycles. The van der Waals surface area contributed by atoms with Gasteiger partial charge < -0.3 is 5.11 Å². The number of alkyl halides is 2. The number of rotatable bonds is 4. The van der Waals surface area contributed by atoms with E-state index in [9.17, 15) is 13.9 Å². The Morgan fingerprint density at radius 3 is 2.14 bits per heavy atom. The van der Waals surface area contributed by atoms with Crippen molar-refractivity contribution in [2.24, 2.45) is 0 Å². The normalized spacial score (nSPS) is 14.2. The maximum absolute atomic E-state index is 13.8. The van der Waals surface area contributed by atoms with Crippen molar-refractivity contribution < 1.29 is 13.9 Å². The van der Waals surface area contributed by atoms with Crippen molar-refractivity contribution in [3.63, 3.8) is 0 Å². The Balaban J connectivity index is 2.72. The van der Waals surface area contributed by atoms with Crippen LogP contribution < -0.4 is 0 Å². The van der Waals surface area contributed by atoms with Gasteiger partial charge in [-0.15, -0.1) is 0 Å². The predicted molar refractivity (Wildman–Crippen MR) is 80.7 cm³/mol. The van der Waals surface area contributed by atoms with Gasteiger partial charge in [0, 0.05) is 0 Å². The molecule has 0 bridgehead atoms. The molecule has 0 fully saturated rings. The lowest BCUT2D eigenvalue weighted by Gasteiger charge is -2.31. The van der Waals surface area contributed by atoms with E-state index in [4.69, 9.17) is 0 Å². The maximum atomic E-state index is 13.8. The van der Waals surface area contributed by atoms with E-state index in [0.717, 1.165) is 16.7 Å². The van der Waals surface area contributed by atoms with Gasteiger partial charge in [-0.2, -0.15) is 0 Å². The van der Waals surface area contributed by atoms with Crippen molar-refractivity contribution in [3.8, 4) is 0 Å². The van der Waals surface area contributed by atoms with Crippen molar-refractivity contribution in [1.82, 2.24) is 0 Å². The number of benzene rings is 2. The molecule has 1 nitrogen and oxygen atoms in total. The molecule has 0 spiro atoms. The molecule has 0 aliphatic carbocycles. The molecule has 0 saturated heterocycles. The Morgan fingerprint density at radius 2 is 1.62 bits per heavy atom. The average Bonchev–Trinajstić information content (AvgIpc) is 2.49. The SMILES string of the molecule is CCc1cc(C)c(C)cc1C(O)(c1ccccc1)C(F)F. The number of halogens is 2. The minimum atomic E-state index is -2.90. The van der Waals surface area contributed by atoms with Crippen LogP contribution in [0.15, 0.2) is 42.5 Å². The highest BCUT2D eigenvalue weighted by atomic mass is 19.3. The maximum Gasteiger partial charge on any atom is 0.275 e. The monoisotopic (exact) mass is 290 g/mol. The van der Waals surface area contributed by atoms with Gasteiger partial charge in [-0.1, -0.05) is 49.4 Å². The molecule has 0 aliphatic heterocycles. The minimum Gasteiger partial charge on any atom is -0.375 e. The van der Waals surface area contributed by atoms with Crippen LogP contribution in [0.3, 0.4) is 0 Å². The highest BCUT2D eigenvalue weighted by Crippen LogP contribution is 2.38. The van der Waals surface area contributed by atoms with Gasteiger partial charge in [-0.3, -0.25) is 0 Å². The van der Waals surface area contributed by atoms with Gasteiger partial charge in [0.2, 0.25) is 0 Å². The first-order chi connectivity index (χ1) is 9.91. The number of hydrogen-bond donors (Lipinski definition) is 1. The number of aliphatic hydroxyl groups is 1. The van der Waals surface area contributed by atoms with Gasteiger partial charge >= 0.3 is 0 Å². The standard InChI is InChI=1S/C18H20F2O/c1-4-14-10-12(2)13(3)11-16(14)18(21,17(19)20)15-8-6-5-7-9-15/h5-11,17,21H,4H2,1-3H3. The van der Waals surface area contributed by atoms with Gasteiger partial charge in [0.15, 0.2) is 5.60 Å². The fourth-order valence-electron chi connectivity index (χ4n) is 2.61. The van der Waals surface area contributed by atoms with E-state index in [0.29, 0.717) is 12.0 Å². The number of hydrogen-bond acceptors (Lipinski definition) is 1. The Hall–Kier alpha value is -1.74. The summed E-state index contributed by atoms with van der Waals surface area (Å²) in [6.45, 7) is 5.72. The molecule has 1 atom stereocenters. The third-order valence-corrected chi connectivity index (χ3v) is 4.04. The fourth-order valence-corrected chi connectivity index (χ4v) is 2.61. The van der Waals surface area contributed by atoms with Gasteiger partial charge in [-0.25, -0.2) is 8.78 Å². The van der Waals surface area contributed by atoms with Crippen LogP contribution in [-0.4, -0.2) is 11.5 Å². The third kappa shape index (κ3) is 2.70. The second-order valence-corrected chi connectivity index (χ2v) is 5.38. The molecule has 3 heteroatoms. The van der Waals surface area contributed by atoms with Crippen LogP contribution in [0.2, 0.25) is 0 Å². The first-order valence-corrected chi connectivity index (χ1v) is 7.07. The van der Waals surface area contributed by atoms with Crippen LogP contribution >= 0.6 is 0 Å². The summed E-state index contributed by atoms with van der Waals surface area (Å²) in [6.07, 6.45) is -2.30. The zero-order valence-electron chi connectivity index (χ0n) is 12.5. The molecule has 2 aromatic rings. The van der Waals surface area contributed by atoms with Crippen molar-refractivity contribution in [2.45, 2.75) is 39.2 Å². The highest BCUT2D eigenvalue weighted by molar-refractivity contribution is 5.46. The van der Waals surface area contributed by atoms with Crippen molar-refractivity contribution >= 4 is 0 Å². The van der Waals surface area contributed by atoms with Crippen LogP contribution in [-0.2, 0) is 12.0 Å². The molecule has 112 valence electrons. The molecule has 1 N–H and O–H groups in total. The summed E-state index contributed by atoms with van der Waals surface area (Å²) in [5, 5.41) is 10.8. The topological polar surface area (TPSA) is 20.2 Å². The fraction of sp³-hybridized carbons (Fsp3) is 0.333. The lowest BCUT2D eigenvalue weighted by Crippen LogP contribution is -2.36. The Labute approximate surface area is 124 Å². The molecule has 2 aromatic carbocycles. The molecule has 21 heavy (non-hydrogen) atoms. The summed E-state index contributed by atoms with van der Waals surface area (Å²) < 4.78 is 27.5. The van der Waals surface area contributed by atoms with E-state index < -0.39 is 12.0 Å². The molecule has 0 aliphatic rings. The van der Waals surface area contributed by atoms with E-state index in [-0.39, 0.29) is 5.56 Å². The Bertz CT molecular complexity index is 623. The summed E-state index contributed by atoms with van der Waals surface area (Å²) in [4.78, 5) is 0. The average molecular weight is 290 g/mol. The molecule has 0 radical (unpaired) electrons. The van der Waals surface area contributed by atoms with E-state index in [1.807, 2.05) is 26.8 Å². The number of aryl methyl sites for hydroxylation is 3. The molecule has 0 aromatic heterocycles. The molecule has 1 unspecified atom stereocenters. The second kappa shape index (κ2) is 5.94. The quantitative estimate of drug-likeness (QED) is 0.886. The summed E-state index contributed by atoms with van der Waals surface area (Å²) in [6, 6.07) is 11.7. The molecular weight excluding hydrogens is 270 g/mol. The summed E-state index contributed by atoms with van der Waals surface area (Å²) in [5.41, 5.74) is 0.944. The largest absolute Gasteiger partial charge is 0.375 e. The molecule has 2 rings (SSSR count). The second-order valence-electron chi connectivity index (χ2n) is 5.38. The highest BCUT2D eigenvalue weighted by Gasteiger charge is 2.42. The van der Waals surface area contributed by atoms with Crippen molar-refractivity contribution in [2.75, 3.05) is 0 Å². The van der Waals surface area contributed by atoms with Gasteiger partial charge in [0.05, 0.1) is 0 Å². The summed E-state index contributed by atoms with van der Waals surface area (Å²) in [7, 11) is 0. The lowest BCUT2D eigenvalue weighted by molar-refractivity contribution is -0.0723. The third-order valence-electron chi connectivity index (χ3n) is 4.04. The molecule has 0 saturated carbocycles. The minimum absolute atomic E-state index is 0.220. The van der Waals surface area contributed by atoms with E-state index in [1.54, 1.807) is 36.4 Å². The van der Waals surface area contributed by atoms with Crippen LogP contribution in [0.5, 0.6) is 0 Å². The van der Waals surface area contributed by atoms with Crippen LogP contribution in [0.1, 0.15) is 34.7 Å². The van der Waals surface area contributed by atoms with Gasteiger partial charge in [0.1, 0.15) is 0 Å². The summed E-state index contributed by atoms with van der Waals surface area (Å²) in [5.74, 6) is 0. The molecular formula is C18H20F2O. The Morgan fingerprint density at radius 1 is 1.05 bits per heavy atom. The zero-order valence-corrected chi connectivity index (χ0v) is 12.5. The Kier molecular flexibility index (Phi) is 4.43. The van der Waals surface area contributed by atoms with Gasteiger partial charge in [-0.05, 0) is 48.1 Å². The summed E-state index contributed by atoms with van der Waals surface area (Å²) >= 11 is 0. The molecule has 0 amide bonds. The van der Waals surface area contributed by atoms with E-state index in [1.165, 1.54) is 0 Å². The van der Waals surface area contributed by atoms with Crippen molar-refractivity contribution in [1.29, 1.82) is 0 Å². The van der Waals surface area contributed by atoms with Crippen LogP contribution in [0.4, 0.5) is 8.78 Å². The van der Waals surface area contributed by atoms with E-state index in [2.05, 4.69) is 0 Å². The first kappa shape index (κ1) is 15.6. The predicted octanol–water partition coefficient (Wildman–Crippen LogP) is 4.37. The van der Waals surface area contributed by atoms with Crippen LogP contribution in [0.25, 0.3) is 0 Å². The van der Waals surface area contributed by atoms with Gasteiger partial charge in [0.25, 0.3) is 6.43 Å². The lowest BCUT2D eigenvalue weighted by atomic mass is 9.81. The first-order valence-electron chi connectivity index (χ1n) is 7.07. The van der Waals surface area contributed by atoms with E-state index >= 15 is 0 Å². The zero-order chi connectivity index (χ0) is 15.6. The smallest absolute Gasteiger partial charge is 0.275 e.